The van der Waals surface area contributed by atoms with E-state index >= 15 is 0 Å². The fourth-order valence-electron chi connectivity index (χ4n) is 2.38. The minimum Gasteiger partial charge on any atom is -0.487 e. The van der Waals surface area contributed by atoms with Gasteiger partial charge >= 0.3 is 12.3 Å². The summed E-state index contributed by atoms with van der Waals surface area (Å²) < 4.78 is 57.7. The van der Waals surface area contributed by atoms with Gasteiger partial charge in [0.15, 0.2) is 12.4 Å². The lowest BCUT2D eigenvalue weighted by atomic mass is 10.2. The lowest BCUT2D eigenvalue weighted by Gasteiger charge is -2.15. The Morgan fingerprint density at radius 2 is 1.80 bits per heavy atom. The fraction of sp³-hybridized carbons (Fsp3) is 0.333. The third-order valence-corrected chi connectivity index (χ3v) is 3.87. The van der Waals surface area contributed by atoms with Crippen LogP contribution in [0.25, 0.3) is 12.2 Å². The number of rotatable bonds is 10. The second kappa shape index (κ2) is 9.48. The molecular formula is C18H18F4N6O2. The van der Waals surface area contributed by atoms with Gasteiger partial charge in [0.25, 0.3) is 0 Å². The first-order valence-corrected chi connectivity index (χ1v) is 8.79. The summed E-state index contributed by atoms with van der Waals surface area (Å²) in [5.41, 5.74) is 0.700. The van der Waals surface area contributed by atoms with Crippen molar-refractivity contribution in [1.82, 2.24) is 29.5 Å². The van der Waals surface area contributed by atoms with Crippen molar-refractivity contribution in [1.29, 1.82) is 0 Å². The first-order valence-electron chi connectivity index (χ1n) is 8.79. The van der Waals surface area contributed by atoms with Gasteiger partial charge in [0, 0.05) is 0 Å². The Hall–Kier alpha value is -3.28. The van der Waals surface area contributed by atoms with E-state index in [1.54, 1.807) is 24.3 Å². The molecule has 3 aromatic rings. The van der Waals surface area contributed by atoms with Crippen LogP contribution in [0.4, 0.5) is 17.6 Å². The Morgan fingerprint density at radius 1 is 1.07 bits per heavy atom. The van der Waals surface area contributed by atoms with E-state index in [9.17, 15) is 22.7 Å². The van der Waals surface area contributed by atoms with Gasteiger partial charge in [-0.2, -0.15) is 19.0 Å². The molecule has 160 valence electrons. The van der Waals surface area contributed by atoms with Crippen LogP contribution in [0.2, 0.25) is 0 Å². The van der Waals surface area contributed by atoms with Gasteiger partial charge in [0.1, 0.15) is 24.7 Å². The maximum absolute atomic E-state index is 12.9. The molecule has 0 saturated heterocycles. The lowest BCUT2D eigenvalue weighted by molar-refractivity contribution is -0.148. The average molecular weight is 426 g/mol. The van der Waals surface area contributed by atoms with E-state index < -0.39 is 25.1 Å². The highest BCUT2D eigenvalue weighted by Gasteiger charge is 2.41. The zero-order chi connectivity index (χ0) is 21.6. The smallest absolute Gasteiger partial charge is 0.340 e. The largest absolute Gasteiger partial charge is 0.487 e. The summed E-state index contributed by atoms with van der Waals surface area (Å²) >= 11 is 0. The van der Waals surface area contributed by atoms with Gasteiger partial charge in [-0.1, -0.05) is 18.2 Å². The first-order chi connectivity index (χ1) is 14.3. The van der Waals surface area contributed by atoms with Crippen molar-refractivity contribution in [2.75, 3.05) is 6.61 Å². The van der Waals surface area contributed by atoms with Crippen LogP contribution in [0.3, 0.4) is 0 Å². The fourth-order valence-corrected chi connectivity index (χ4v) is 2.38. The zero-order valence-corrected chi connectivity index (χ0v) is 15.5. The normalized spacial score (nSPS) is 13.3. The molecule has 1 N–H and O–H groups in total. The van der Waals surface area contributed by atoms with Crippen LogP contribution in [0, 0.1) is 0 Å². The number of hydrogen-bond donors (Lipinski definition) is 1. The monoisotopic (exact) mass is 426 g/mol. The molecule has 12 heteroatoms. The molecule has 0 aliphatic heterocycles. The van der Waals surface area contributed by atoms with Crippen molar-refractivity contribution >= 4 is 12.2 Å². The Bertz CT molecular complexity index is 944. The molecule has 30 heavy (non-hydrogen) atoms. The molecule has 2 aromatic heterocycles. The summed E-state index contributed by atoms with van der Waals surface area (Å²) in [6.45, 7) is -0.914. The van der Waals surface area contributed by atoms with Crippen LogP contribution >= 0.6 is 0 Å². The van der Waals surface area contributed by atoms with Crippen molar-refractivity contribution in [3.8, 4) is 5.75 Å². The molecule has 0 saturated carbocycles. The number of aliphatic hydroxyl groups excluding tert-OH is 1. The molecule has 0 amide bonds. The highest BCUT2D eigenvalue weighted by Crippen LogP contribution is 2.24. The van der Waals surface area contributed by atoms with Crippen LogP contribution in [0.5, 0.6) is 5.75 Å². The number of halogens is 4. The summed E-state index contributed by atoms with van der Waals surface area (Å²) in [5, 5.41) is 18.2. The average Bonchev–Trinajstić information content (AvgIpc) is 3.37. The minimum atomic E-state index is -4.20. The van der Waals surface area contributed by atoms with Crippen molar-refractivity contribution in [2.24, 2.45) is 0 Å². The van der Waals surface area contributed by atoms with Crippen LogP contribution in [-0.4, -0.2) is 59.7 Å². The van der Waals surface area contributed by atoms with Crippen molar-refractivity contribution in [2.45, 2.75) is 31.5 Å². The number of alkyl halides is 4. The van der Waals surface area contributed by atoms with Gasteiger partial charge < -0.3 is 9.84 Å². The number of ether oxygens (including phenoxy) is 1. The van der Waals surface area contributed by atoms with Gasteiger partial charge in [-0.15, -0.1) is 0 Å². The van der Waals surface area contributed by atoms with E-state index in [1.165, 1.54) is 40.5 Å². The molecule has 3 rings (SSSR count). The Labute approximate surface area is 168 Å². The third-order valence-electron chi connectivity index (χ3n) is 3.87. The molecule has 0 bridgehead atoms. The Balaban J connectivity index is 1.51. The SMILES string of the molecule is OC(Cn1cncn1)Cn1cnc(/C=C/c2ccc(OCC(F)(F)C(F)F)cc2)n1. The zero-order valence-electron chi connectivity index (χ0n) is 15.5. The molecule has 2 heterocycles. The Morgan fingerprint density at radius 3 is 2.47 bits per heavy atom. The standard InChI is InChI=1S/C18H18F4N6O2/c19-17(20)18(21,22)9-30-15-4-1-13(2-5-15)3-6-16-24-12-28(26-16)8-14(29)7-27-11-23-10-25-27/h1-6,10-12,14,17,29H,7-9H2/b6-3+. The summed E-state index contributed by atoms with van der Waals surface area (Å²) in [4.78, 5) is 7.91. The van der Waals surface area contributed by atoms with Gasteiger partial charge in [0.05, 0.1) is 19.2 Å². The topological polar surface area (TPSA) is 90.9 Å². The second-order valence-electron chi connectivity index (χ2n) is 6.35. The van der Waals surface area contributed by atoms with Gasteiger partial charge in [-0.25, -0.2) is 23.4 Å². The third kappa shape index (κ3) is 6.11. The molecule has 0 aliphatic carbocycles. The van der Waals surface area contributed by atoms with E-state index in [-0.39, 0.29) is 18.8 Å². The lowest BCUT2D eigenvalue weighted by Crippen LogP contribution is -2.33. The summed E-state index contributed by atoms with van der Waals surface area (Å²) in [7, 11) is 0. The van der Waals surface area contributed by atoms with E-state index in [0.29, 0.717) is 11.4 Å². The number of aliphatic hydroxyl groups is 1. The number of benzene rings is 1. The molecule has 0 aliphatic rings. The van der Waals surface area contributed by atoms with Crippen LogP contribution in [-0.2, 0) is 13.1 Å². The van der Waals surface area contributed by atoms with Crippen molar-refractivity contribution in [3.05, 3.63) is 54.6 Å². The molecule has 1 aromatic carbocycles. The maximum atomic E-state index is 12.9. The van der Waals surface area contributed by atoms with Gasteiger partial charge in [-0.3, -0.25) is 4.68 Å². The summed E-state index contributed by atoms with van der Waals surface area (Å²) in [6, 6.07) is 5.94. The molecule has 0 fully saturated rings. The number of hydrogen-bond acceptors (Lipinski definition) is 6. The quantitative estimate of drug-likeness (QED) is 0.501. The molecule has 1 unspecified atom stereocenters. The van der Waals surface area contributed by atoms with Crippen molar-refractivity contribution in [3.63, 3.8) is 0 Å². The van der Waals surface area contributed by atoms with Gasteiger partial charge in [0.2, 0.25) is 0 Å². The minimum absolute atomic E-state index is 0.0521. The van der Waals surface area contributed by atoms with Crippen LogP contribution in [0.1, 0.15) is 11.4 Å². The maximum Gasteiger partial charge on any atom is 0.340 e. The number of aromatic nitrogens is 6. The second-order valence-corrected chi connectivity index (χ2v) is 6.35. The van der Waals surface area contributed by atoms with Gasteiger partial charge in [-0.05, 0) is 23.8 Å². The van der Waals surface area contributed by atoms with E-state index in [2.05, 4.69) is 20.2 Å². The predicted molar refractivity (Wildman–Crippen MR) is 97.9 cm³/mol. The Kier molecular flexibility index (Phi) is 6.77. The molecular weight excluding hydrogens is 408 g/mol. The first kappa shape index (κ1) is 21.4. The molecule has 8 nitrogen and oxygen atoms in total. The van der Waals surface area contributed by atoms with E-state index in [1.807, 2.05) is 0 Å². The van der Waals surface area contributed by atoms with Crippen LogP contribution < -0.4 is 4.74 Å². The summed E-state index contributed by atoms with van der Waals surface area (Å²) in [5.74, 6) is -3.75. The molecule has 1 atom stereocenters. The molecule has 0 radical (unpaired) electrons. The highest BCUT2D eigenvalue weighted by molar-refractivity contribution is 5.66. The summed E-state index contributed by atoms with van der Waals surface area (Å²) in [6.07, 6.45) is 3.15. The van der Waals surface area contributed by atoms with E-state index in [0.717, 1.165) is 0 Å². The van der Waals surface area contributed by atoms with E-state index in [4.69, 9.17) is 4.74 Å². The highest BCUT2D eigenvalue weighted by atomic mass is 19.3. The molecule has 0 spiro atoms. The number of nitrogens with zero attached hydrogens (tertiary/aromatic N) is 6. The predicted octanol–water partition coefficient (Wildman–Crippen LogP) is 2.38. The van der Waals surface area contributed by atoms with Crippen LogP contribution in [0.15, 0.2) is 43.2 Å². The van der Waals surface area contributed by atoms with Crippen molar-refractivity contribution < 1.29 is 27.4 Å².